The van der Waals surface area contributed by atoms with Gasteiger partial charge < -0.3 is 0 Å². The topological polar surface area (TPSA) is 54.4 Å². The van der Waals surface area contributed by atoms with Gasteiger partial charge in [0.25, 0.3) is 0 Å². The molecule has 0 radical (unpaired) electrons. The normalized spacial score (nSPS) is 12.1. The molecule has 1 heterocycles. The summed E-state index contributed by atoms with van der Waals surface area (Å²) >= 11 is -0.368. The van der Waals surface area contributed by atoms with E-state index < -0.39 is 10.1 Å². The Balaban J connectivity index is 2.75. The van der Waals surface area contributed by atoms with Crippen LogP contribution in [0.1, 0.15) is 0 Å². The Bertz CT molecular complexity index is 541. The number of hydrogen-bond donors (Lipinski definition) is 1. The van der Waals surface area contributed by atoms with Crippen LogP contribution in [0.5, 0.6) is 0 Å². The fourth-order valence-electron chi connectivity index (χ4n) is 1.10. The van der Waals surface area contributed by atoms with Gasteiger partial charge in [-0.05, 0) is 0 Å². The van der Waals surface area contributed by atoms with E-state index in [1.807, 2.05) is 6.07 Å². The maximum absolute atomic E-state index is 10.8. The summed E-state index contributed by atoms with van der Waals surface area (Å²) < 4.78 is 33.5. The van der Waals surface area contributed by atoms with E-state index in [-0.39, 0.29) is 25.3 Å². The molecule has 0 bridgehead atoms. The van der Waals surface area contributed by atoms with Crippen LogP contribution in [0.25, 0.3) is 8.79 Å². The van der Waals surface area contributed by atoms with Crippen LogP contribution in [-0.4, -0.2) is 33.4 Å². The van der Waals surface area contributed by atoms with Crippen LogP contribution < -0.4 is 0 Å². The van der Waals surface area contributed by atoms with Crippen molar-refractivity contribution < 1.29 is 13.0 Å². The van der Waals surface area contributed by atoms with Gasteiger partial charge in [0, 0.05) is 0 Å². The summed E-state index contributed by atoms with van der Waals surface area (Å²) in [6.45, 7) is 0. The summed E-state index contributed by atoms with van der Waals surface area (Å²) in [6.07, 6.45) is 0. The van der Waals surface area contributed by atoms with E-state index in [0.717, 1.165) is 8.79 Å². The van der Waals surface area contributed by atoms with Crippen LogP contribution in [0.3, 0.4) is 0 Å². The molecule has 3 nitrogen and oxygen atoms in total. The van der Waals surface area contributed by atoms with Crippen molar-refractivity contribution in [1.29, 1.82) is 0 Å². The Hall–Kier alpha value is -0.340. The average molecular weight is 310 g/mol. The maximum atomic E-state index is 10.8. The van der Waals surface area contributed by atoms with Crippen LogP contribution in [0, 0.1) is 0 Å². The second-order valence-electron chi connectivity index (χ2n) is 2.60. The summed E-state index contributed by atoms with van der Waals surface area (Å²) in [6, 6.07) is 6.71. The van der Waals surface area contributed by atoms with Crippen molar-refractivity contribution in [3.8, 4) is 0 Å². The first-order chi connectivity index (χ1) is 6.07. The standard InChI is InChI=1S/C8H6O3STe/c9-12(10,11)7-2-1-6-3-4-13-8(6)5-7/h1-5H,(H,9,10,11). The van der Waals surface area contributed by atoms with Crippen molar-refractivity contribution in [3.63, 3.8) is 0 Å². The Labute approximate surface area is 85.4 Å². The van der Waals surface area contributed by atoms with E-state index in [9.17, 15) is 8.42 Å². The summed E-state index contributed by atoms with van der Waals surface area (Å²) in [5.74, 6) is 0. The monoisotopic (exact) mass is 312 g/mol. The number of rotatable bonds is 1. The first-order valence-corrected chi connectivity index (χ1v) is 7.47. The molecule has 2 rings (SSSR count). The van der Waals surface area contributed by atoms with E-state index in [0.29, 0.717) is 0 Å². The zero-order chi connectivity index (χ0) is 9.47. The van der Waals surface area contributed by atoms with Crippen LogP contribution >= 0.6 is 0 Å². The molecule has 0 aliphatic heterocycles. The molecule has 68 valence electrons. The fourth-order valence-corrected chi connectivity index (χ4v) is 4.20. The summed E-state index contributed by atoms with van der Waals surface area (Å²) in [5, 5.41) is 1.08. The molecule has 2 aromatic rings. The second kappa shape index (κ2) is 3.10. The molecular weight excluding hydrogens is 304 g/mol. The Morgan fingerprint density at radius 2 is 2.00 bits per heavy atom. The number of benzene rings is 1. The third kappa shape index (κ3) is 1.79. The van der Waals surface area contributed by atoms with Gasteiger partial charge in [-0.2, -0.15) is 0 Å². The van der Waals surface area contributed by atoms with Crippen LogP contribution in [0.2, 0.25) is 0 Å². The van der Waals surface area contributed by atoms with Crippen molar-refractivity contribution >= 4 is 39.3 Å². The van der Waals surface area contributed by atoms with Gasteiger partial charge in [-0.3, -0.25) is 0 Å². The average Bonchev–Trinajstić information content (AvgIpc) is 2.47. The van der Waals surface area contributed by atoms with Gasteiger partial charge in [-0.1, -0.05) is 0 Å². The van der Waals surface area contributed by atoms with Crippen molar-refractivity contribution in [2.24, 2.45) is 0 Å². The molecule has 0 aliphatic rings. The minimum absolute atomic E-state index is 0.0000463. The summed E-state index contributed by atoms with van der Waals surface area (Å²) in [7, 11) is -4.03. The van der Waals surface area contributed by atoms with Crippen molar-refractivity contribution in [3.05, 3.63) is 28.3 Å². The summed E-state index contributed by atoms with van der Waals surface area (Å²) in [5.41, 5.74) is 0. The van der Waals surface area contributed by atoms with Gasteiger partial charge in [0.15, 0.2) is 0 Å². The van der Waals surface area contributed by atoms with Gasteiger partial charge in [-0.15, -0.1) is 0 Å². The molecule has 0 spiro atoms. The number of hydrogen-bond acceptors (Lipinski definition) is 2. The molecule has 1 aromatic heterocycles. The molecule has 0 saturated heterocycles. The van der Waals surface area contributed by atoms with Crippen LogP contribution in [0.15, 0.2) is 33.2 Å². The molecule has 0 aliphatic carbocycles. The van der Waals surface area contributed by atoms with Gasteiger partial charge in [-0.25, -0.2) is 0 Å². The summed E-state index contributed by atoms with van der Waals surface area (Å²) in [4.78, 5) is 0.0000463. The minimum atomic E-state index is -4.03. The van der Waals surface area contributed by atoms with E-state index in [2.05, 4.69) is 4.08 Å². The molecular formula is C8H6O3STe. The first-order valence-electron chi connectivity index (χ1n) is 3.52. The van der Waals surface area contributed by atoms with E-state index in [1.54, 1.807) is 12.1 Å². The predicted octanol–water partition coefficient (Wildman–Crippen LogP) is 1.14. The van der Waals surface area contributed by atoms with Crippen molar-refractivity contribution in [2.75, 3.05) is 0 Å². The number of fused-ring (bicyclic) bond motifs is 1. The zero-order valence-corrected chi connectivity index (χ0v) is 9.61. The molecule has 13 heavy (non-hydrogen) atoms. The molecule has 0 saturated carbocycles. The van der Waals surface area contributed by atoms with Gasteiger partial charge in [0.1, 0.15) is 0 Å². The third-order valence-electron chi connectivity index (χ3n) is 1.73. The SMILES string of the molecule is O=S(=O)(O)c1ccc2cc[te]c2c1. The fraction of sp³-hybridized carbons (Fsp3) is 0. The Kier molecular flexibility index (Phi) is 2.20. The molecule has 0 amide bonds. The van der Waals surface area contributed by atoms with Gasteiger partial charge in [0.2, 0.25) is 0 Å². The Morgan fingerprint density at radius 3 is 2.69 bits per heavy atom. The van der Waals surface area contributed by atoms with Crippen molar-refractivity contribution in [2.45, 2.75) is 4.90 Å². The Morgan fingerprint density at radius 1 is 1.23 bits per heavy atom. The van der Waals surface area contributed by atoms with Crippen molar-refractivity contribution in [1.82, 2.24) is 0 Å². The second-order valence-corrected chi connectivity index (χ2v) is 6.72. The first kappa shape index (κ1) is 9.22. The zero-order valence-electron chi connectivity index (χ0n) is 6.47. The molecule has 1 aromatic carbocycles. The predicted molar refractivity (Wildman–Crippen MR) is 50.7 cm³/mol. The van der Waals surface area contributed by atoms with E-state index in [4.69, 9.17) is 4.55 Å². The van der Waals surface area contributed by atoms with Crippen LogP contribution in [0.4, 0.5) is 0 Å². The van der Waals surface area contributed by atoms with Crippen LogP contribution in [-0.2, 0) is 10.1 Å². The molecule has 0 fully saturated rings. The van der Waals surface area contributed by atoms with E-state index >= 15 is 0 Å². The van der Waals surface area contributed by atoms with Gasteiger partial charge >= 0.3 is 85.6 Å². The molecule has 1 N–H and O–H groups in total. The molecule has 5 heteroatoms. The molecule has 0 unspecified atom stereocenters. The quantitative estimate of drug-likeness (QED) is 0.635. The third-order valence-corrected chi connectivity index (χ3v) is 5.09. The van der Waals surface area contributed by atoms with E-state index in [1.165, 1.54) is 6.07 Å². The molecule has 0 atom stereocenters. The van der Waals surface area contributed by atoms with Gasteiger partial charge in [0.05, 0.1) is 0 Å².